The van der Waals surface area contributed by atoms with Gasteiger partial charge in [0.15, 0.2) is 0 Å². The van der Waals surface area contributed by atoms with Crippen LogP contribution in [0.3, 0.4) is 0 Å². The Bertz CT molecular complexity index is 928. The Balaban J connectivity index is 0.00000280. The minimum atomic E-state index is -0.438. The quantitative estimate of drug-likeness (QED) is 0.467. The molecule has 1 aromatic carbocycles. The highest BCUT2D eigenvalue weighted by molar-refractivity contribution is 6.32. The number of nitrogens with zero attached hydrogens (tertiary/aromatic N) is 2. The first kappa shape index (κ1) is 21.5. The normalized spacial score (nSPS) is 10.4. The predicted molar refractivity (Wildman–Crippen MR) is 106 cm³/mol. The molecule has 150 valence electrons. The van der Waals surface area contributed by atoms with E-state index in [2.05, 4.69) is 25.6 Å². The average molecular weight is 428 g/mol. The van der Waals surface area contributed by atoms with Crippen LogP contribution in [0.25, 0.3) is 11.3 Å². The second-order valence-corrected chi connectivity index (χ2v) is 5.95. The van der Waals surface area contributed by atoms with Gasteiger partial charge in [-0.25, -0.2) is 4.63 Å². The van der Waals surface area contributed by atoms with Crippen molar-refractivity contribution in [3.63, 3.8) is 0 Å². The standard InChI is InChI=1S/C17H18ClN5O4.ClH/c1-25-14-4-2-10(8-12(14)18)13-5-3-11(26-13)9-20-6-7-21-17(24)15-16(19)23-27-22-15;/h2-5,8,20H,6-7,9H2,1H3,(H2,19,23)(H,21,24);1H. The molecule has 0 saturated heterocycles. The van der Waals surface area contributed by atoms with Crippen LogP contribution < -0.4 is 21.1 Å². The zero-order valence-corrected chi connectivity index (χ0v) is 16.5. The molecule has 0 radical (unpaired) electrons. The number of nitrogens with two attached hydrogens (primary N) is 1. The maximum atomic E-state index is 11.8. The molecule has 0 saturated carbocycles. The third-order valence-electron chi connectivity index (χ3n) is 3.71. The van der Waals surface area contributed by atoms with Crippen LogP contribution >= 0.6 is 24.0 Å². The minimum Gasteiger partial charge on any atom is -0.495 e. The first-order valence-electron chi connectivity index (χ1n) is 8.08. The number of anilines is 1. The van der Waals surface area contributed by atoms with Crippen molar-refractivity contribution in [2.45, 2.75) is 6.54 Å². The molecular formula is C17H19Cl2N5O4. The van der Waals surface area contributed by atoms with Crippen molar-refractivity contribution in [2.24, 2.45) is 0 Å². The first-order chi connectivity index (χ1) is 13.1. The lowest BCUT2D eigenvalue weighted by Gasteiger charge is -2.05. The number of methoxy groups -OCH3 is 1. The van der Waals surface area contributed by atoms with E-state index in [1.54, 1.807) is 19.2 Å². The van der Waals surface area contributed by atoms with E-state index in [0.29, 0.717) is 36.2 Å². The number of carbonyl (C=O) groups is 1. The number of amides is 1. The molecule has 3 rings (SSSR count). The molecule has 0 aliphatic rings. The van der Waals surface area contributed by atoms with Gasteiger partial charge in [-0.2, -0.15) is 0 Å². The second-order valence-electron chi connectivity index (χ2n) is 5.55. The maximum absolute atomic E-state index is 11.8. The highest BCUT2D eigenvalue weighted by Gasteiger charge is 2.15. The van der Waals surface area contributed by atoms with E-state index in [4.69, 9.17) is 26.5 Å². The highest BCUT2D eigenvalue weighted by atomic mass is 35.5. The zero-order chi connectivity index (χ0) is 19.2. The minimum absolute atomic E-state index is 0. The van der Waals surface area contributed by atoms with Gasteiger partial charge in [0.25, 0.3) is 5.91 Å². The van der Waals surface area contributed by atoms with E-state index in [1.807, 2.05) is 18.2 Å². The van der Waals surface area contributed by atoms with Crippen molar-refractivity contribution >= 4 is 35.7 Å². The van der Waals surface area contributed by atoms with E-state index in [-0.39, 0.29) is 23.9 Å². The first-order valence-corrected chi connectivity index (χ1v) is 8.46. The molecule has 9 nitrogen and oxygen atoms in total. The van der Waals surface area contributed by atoms with Crippen LogP contribution in [0.4, 0.5) is 5.82 Å². The van der Waals surface area contributed by atoms with Crippen molar-refractivity contribution < 1.29 is 18.6 Å². The van der Waals surface area contributed by atoms with Crippen molar-refractivity contribution in [1.82, 2.24) is 20.9 Å². The van der Waals surface area contributed by atoms with E-state index in [0.717, 1.165) is 11.3 Å². The maximum Gasteiger partial charge on any atom is 0.277 e. The topological polar surface area (TPSA) is 128 Å². The molecule has 28 heavy (non-hydrogen) atoms. The Labute approximate surface area is 171 Å². The number of benzene rings is 1. The predicted octanol–water partition coefficient (Wildman–Crippen LogP) is 2.52. The second kappa shape index (κ2) is 9.98. The van der Waals surface area contributed by atoms with Crippen LogP contribution in [0.5, 0.6) is 5.75 Å². The van der Waals surface area contributed by atoms with Crippen molar-refractivity contribution in [2.75, 3.05) is 25.9 Å². The average Bonchev–Trinajstić information content (AvgIpc) is 3.30. The van der Waals surface area contributed by atoms with Crippen LogP contribution in [0.1, 0.15) is 16.2 Å². The van der Waals surface area contributed by atoms with Gasteiger partial charge in [-0.15, -0.1) is 12.4 Å². The van der Waals surface area contributed by atoms with E-state index in [1.165, 1.54) is 0 Å². The number of hydrogen-bond donors (Lipinski definition) is 3. The summed E-state index contributed by atoms with van der Waals surface area (Å²) in [6, 6.07) is 9.20. The van der Waals surface area contributed by atoms with Crippen LogP contribution in [-0.4, -0.2) is 36.4 Å². The molecule has 0 unspecified atom stereocenters. The van der Waals surface area contributed by atoms with Gasteiger partial charge in [0.05, 0.1) is 18.7 Å². The SMILES string of the molecule is COc1ccc(-c2ccc(CNCCNC(=O)c3nonc3N)o2)cc1Cl.Cl. The molecule has 2 aromatic heterocycles. The molecule has 3 aromatic rings. The lowest BCUT2D eigenvalue weighted by atomic mass is 10.2. The van der Waals surface area contributed by atoms with Gasteiger partial charge in [-0.05, 0) is 40.6 Å². The number of furan rings is 1. The fourth-order valence-electron chi connectivity index (χ4n) is 2.36. The number of rotatable bonds is 8. The summed E-state index contributed by atoms with van der Waals surface area (Å²) in [6.07, 6.45) is 0. The van der Waals surface area contributed by atoms with Crippen molar-refractivity contribution in [3.05, 3.63) is 46.8 Å². The summed E-state index contributed by atoms with van der Waals surface area (Å²) in [5, 5.41) is 13.1. The van der Waals surface area contributed by atoms with Gasteiger partial charge in [0.1, 0.15) is 17.3 Å². The van der Waals surface area contributed by atoms with Crippen LogP contribution in [0.15, 0.2) is 39.4 Å². The molecular weight excluding hydrogens is 409 g/mol. The molecule has 0 bridgehead atoms. The Hall–Kier alpha value is -2.75. The number of carbonyl (C=O) groups excluding carboxylic acids is 1. The summed E-state index contributed by atoms with van der Waals surface area (Å²) in [5.74, 6) is 1.60. The summed E-state index contributed by atoms with van der Waals surface area (Å²) in [4.78, 5) is 11.8. The van der Waals surface area contributed by atoms with Gasteiger partial charge >= 0.3 is 0 Å². The molecule has 0 fully saturated rings. The Morgan fingerprint density at radius 3 is 2.75 bits per heavy atom. The fraction of sp³-hybridized carbons (Fsp3) is 0.235. The molecule has 0 aliphatic heterocycles. The number of aromatic nitrogens is 2. The summed E-state index contributed by atoms with van der Waals surface area (Å²) >= 11 is 6.14. The zero-order valence-electron chi connectivity index (χ0n) is 14.9. The van der Waals surface area contributed by atoms with E-state index >= 15 is 0 Å². The van der Waals surface area contributed by atoms with Gasteiger partial charge < -0.3 is 25.5 Å². The van der Waals surface area contributed by atoms with Gasteiger partial charge in [-0.1, -0.05) is 11.6 Å². The number of ether oxygens (including phenoxy) is 1. The van der Waals surface area contributed by atoms with Gasteiger partial charge in [0.2, 0.25) is 11.5 Å². The third kappa shape index (κ3) is 5.16. The smallest absolute Gasteiger partial charge is 0.277 e. The van der Waals surface area contributed by atoms with Crippen LogP contribution in [0, 0.1) is 0 Å². The Morgan fingerprint density at radius 1 is 1.25 bits per heavy atom. The Kier molecular flexibility index (Phi) is 7.68. The van der Waals surface area contributed by atoms with Crippen LogP contribution in [-0.2, 0) is 6.54 Å². The molecule has 4 N–H and O–H groups in total. The molecule has 0 atom stereocenters. The van der Waals surface area contributed by atoms with E-state index < -0.39 is 5.91 Å². The van der Waals surface area contributed by atoms with Crippen LogP contribution in [0.2, 0.25) is 5.02 Å². The van der Waals surface area contributed by atoms with Crippen molar-refractivity contribution in [3.8, 4) is 17.1 Å². The molecule has 11 heteroatoms. The van der Waals surface area contributed by atoms with Gasteiger partial charge in [-0.3, -0.25) is 4.79 Å². The molecule has 0 aliphatic carbocycles. The van der Waals surface area contributed by atoms with Gasteiger partial charge in [0, 0.05) is 18.7 Å². The Morgan fingerprint density at radius 2 is 2.07 bits per heavy atom. The summed E-state index contributed by atoms with van der Waals surface area (Å²) in [7, 11) is 1.57. The molecule has 1 amide bonds. The number of halogens is 2. The van der Waals surface area contributed by atoms with E-state index in [9.17, 15) is 4.79 Å². The number of hydrogen-bond acceptors (Lipinski definition) is 8. The summed E-state index contributed by atoms with van der Waals surface area (Å²) < 4.78 is 15.3. The molecule has 0 spiro atoms. The summed E-state index contributed by atoms with van der Waals surface area (Å²) in [5.41, 5.74) is 6.29. The lowest BCUT2D eigenvalue weighted by Crippen LogP contribution is -2.32. The monoisotopic (exact) mass is 427 g/mol. The largest absolute Gasteiger partial charge is 0.495 e. The van der Waals surface area contributed by atoms with Crippen molar-refractivity contribution in [1.29, 1.82) is 0 Å². The lowest BCUT2D eigenvalue weighted by molar-refractivity contribution is 0.0944. The fourth-order valence-corrected chi connectivity index (χ4v) is 2.62. The summed E-state index contributed by atoms with van der Waals surface area (Å²) in [6.45, 7) is 1.42. The highest BCUT2D eigenvalue weighted by Crippen LogP contribution is 2.31. The molecule has 2 heterocycles. The number of nitrogens with one attached hydrogen (secondary N) is 2. The third-order valence-corrected chi connectivity index (χ3v) is 4.01. The number of nitrogen functional groups attached to an aromatic ring is 1.